The molecule has 0 aromatic carbocycles. The summed E-state index contributed by atoms with van der Waals surface area (Å²) in [5.41, 5.74) is 1.26. The minimum Gasteiger partial charge on any atom is -0.479 e. The molecular formula is C14H19N5O2. The minimum atomic E-state index is -0.168. The highest BCUT2D eigenvalue weighted by Crippen LogP contribution is 2.30. The molecule has 0 bridgehead atoms. The van der Waals surface area contributed by atoms with E-state index in [1.807, 2.05) is 23.6 Å². The number of methoxy groups -OCH3 is 1. The summed E-state index contributed by atoms with van der Waals surface area (Å²) in [6.07, 6.45) is 5.18. The number of imidazole rings is 1. The van der Waals surface area contributed by atoms with Gasteiger partial charge in [0, 0.05) is 20.5 Å². The number of hydrogen-bond donors (Lipinski definition) is 0. The van der Waals surface area contributed by atoms with Gasteiger partial charge in [0.25, 0.3) is 0 Å². The molecule has 0 aliphatic heterocycles. The summed E-state index contributed by atoms with van der Waals surface area (Å²) in [5.74, 6) is 1.24. The molecule has 1 atom stereocenters. The van der Waals surface area contributed by atoms with Gasteiger partial charge in [-0.15, -0.1) is 0 Å². The number of aromatic nitrogens is 4. The van der Waals surface area contributed by atoms with Crippen LogP contribution in [0.5, 0.6) is 5.88 Å². The molecule has 2 aromatic heterocycles. The van der Waals surface area contributed by atoms with Gasteiger partial charge >= 0.3 is 0 Å². The normalized spacial score (nSPS) is 19.0. The number of ether oxygens (including phenoxy) is 1. The third-order valence-electron chi connectivity index (χ3n) is 3.83. The van der Waals surface area contributed by atoms with Crippen molar-refractivity contribution in [2.45, 2.75) is 31.7 Å². The molecule has 0 amide bonds. The Morgan fingerprint density at radius 2 is 2.14 bits per heavy atom. The van der Waals surface area contributed by atoms with Crippen molar-refractivity contribution < 1.29 is 9.53 Å². The molecule has 1 unspecified atom stereocenters. The average molecular weight is 289 g/mol. The van der Waals surface area contributed by atoms with Gasteiger partial charge in [-0.25, -0.2) is 4.98 Å². The van der Waals surface area contributed by atoms with E-state index in [0.717, 1.165) is 19.3 Å². The Morgan fingerprint density at radius 3 is 2.81 bits per heavy atom. The Hall–Kier alpha value is -2.18. The van der Waals surface area contributed by atoms with Crippen LogP contribution < -0.4 is 9.64 Å². The largest absolute Gasteiger partial charge is 0.479 e. The van der Waals surface area contributed by atoms with Crippen LogP contribution in [0.15, 0.2) is 6.33 Å². The number of Topliss-reactive ketones (excluding diaryl/α,β-unsaturated/α-hetero) is 1. The van der Waals surface area contributed by atoms with E-state index in [1.165, 1.54) is 0 Å². The van der Waals surface area contributed by atoms with Crippen LogP contribution in [0.3, 0.4) is 0 Å². The van der Waals surface area contributed by atoms with Crippen LogP contribution in [0.1, 0.15) is 31.7 Å². The van der Waals surface area contributed by atoms with Gasteiger partial charge in [0.05, 0.1) is 19.5 Å². The van der Waals surface area contributed by atoms with Gasteiger partial charge < -0.3 is 14.2 Å². The molecule has 0 radical (unpaired) electrons. The van der Waals surface area contributed by atoms with E-state index in [9.17, 15) is 4.79 Å². The first-order valence-electron chi connectivity index (χ1n) is 7.10. The monoisotopic (exact) mass is 289 g/mol. The Kier molecular flexibility index (Phi) is 3.48. The van der Waals surface area contributed by atoms with Crippen molar-refractivity contribution in [2.75, 3.05) is 26.1 Å². The molecule has 0 N–H and O–H groups in total. The molecule has 1 saturated carbocycles. The predicted octanol–water partition coefficient (Wildman–Crippen LogP) is 1.59. The van der Waals surface area contributed by atoms with Gasteiger partial charge in [0.2, 0.25) is 11.8 Å². The Balaban J connectivity index is 2.15. The summed E-state index contributed by atoms with van der Waals surface area (Å²) in [7, 11) is 5.30. The molecule has 1 aliphatic carbocycles. The number of nitrogens with zero attached hydrogens (tertiary/aromatic N) is 5. The van der Waals surface area contributed by atoms with E-state index < -0.39 is 0 Å². The first kappa shape index (κ1) is 13.8. The van der Waals surface area contributed by atoms with Crippen molar-refractivity contribution in [1.82, 2.24) is 19.5 Å². The Morgan fingerprint density at radius 1 is 1.33 bits per heavy atom. The van der Waals surface area contributed by atoms with Crippen LogP contribution in [0.2, 0.25) is 0 Å². The molecule has 1 aliphatic rings. The number of fused-ring (bicyclic) bond motifs is 1. The maximum absolute atomic E-state index is 12.2. The van der Waals surface area contributed by atoms with Crippen LogP contribution in [-0.2, 0) is 4.79 Å². The van der Waals surface area contributed by atoms with Gasteiger partial charge in [-0.1, -0.05) is 6.42 Å². The molecule has 7 heteroatoms. The number of hydrogen-bond acceptors (Lipinski definition) is 6. The Bertz CT molecular complexity index is 679. The van der Waals surface area contributed by atoms with Crippen LogP contribution in [0.4, 0.5) is 5.95 Å². The summed E-state index contributed by atoms with van der Waals surface area (Å²) in [5, 5.41) is 0. The summed E-state index contributed by atoms with van der Waals surface area (Å²) in [6, 6.07) is -0.168. The first-order valence-corrected chi connectivity index (χ1v) is 7.10. The zero-order valence-electron chi connectivity index (χ0n) is 12.5. The van der Waals surface area contributed by atoms with Gasteiger partial charge in [-0.3, -0.25) is 4.79 Å². The van der Waals surface area contributed by atoms with Crippen LogP contribution in [0, 0.1) is 0 Å². The highest BCUT2D eigenvalue weighted by atomic mass is 16.5. The number of carbonyl (C=O) groups excluding carboxylic acids is 1. The molecular weight excluding hydrogens is 270 g/mol. The third kappa shape index (κ3) is 2.32. The van der Waals surface area contributed by atoms with E-state index >= 15 is 0 Å². The molecule has 7 nitrogen and oxygen atoms in total. The van der Waals surface area contributed by atoms with Gasteiger partial charge in [0.15, 0.2) is 16.9 Å². The lowest BCUT2D eigenvalue weighted by atomic mass is 9.94. The molecule has 3 rings (SSSR count). The van der Waals surface area contributed by atoms with Crippen molar-refractivity contribution in [1.29, 1.82) is 0 Å². The molecule has 21 heavy (non-hydrogen) atoms. The molecule has 2 aromatic rings. The fraction of sp³-hybridized carbons (Fsp3) is 0.571. The van der Waals surface area contributed by atoms with Crippen molar-refractivity contribution in [3.63, 3.8) is 0 Å². The summed E-state index contributed by atoms with van der Waals surface area (Å²) >= 11 is 0. The molecule has 112 valence electrons. The highest BCUT2D eigenvalue weighted by Gasteiger charge is 2.27. The first-order chi connectivity index (χ1) is 10.1. The van der Waals surface area contributed by atoms with E-state index in [0.29, 0.717) is 29.4 Å². The van der Waals surface area contributed by atoms with Crippen LogP contribution in [0.25, 0.3) is 11.2 Å². The van der Waals surface area contributed by atoms with E-state index in [-0.39, 0.29) is 11.8 Å². The molecule has 0 saturated heterocycles. The van der Waals surface area contributed by atoms with Gasteiger partial charge in [0.1, 0.15) is 0 Å². The van der Waals surface area contributed by atoms with Crippen molar-refractivity contribution >= 4 is 22.9 Å². The van der Waals surface area contributed by atoms with E-state index in [1.54, 1.807) is 13.4 Å². The zero-order valence-corrected chi connectivity index (χ0v) is 12.5. The van der Waals surface area contributed by atoms with Crippen LogP contribution in [-0.4, -0.2) is 46.5 Å². The molecule has 0 spiro atoms. The average Bonchev–Trinajstić information content (AvgIpc) is 2.90. The smallest absolute Gasteiger partial charge is 0.246 e. The molecule has 1 fully saturated rings. The van der Waals surface area contributed by atoms with Crippen molar-refractivity contribution in [2.24, 2.45) is 0 Å². The Labute approximate surface area is 123 Å². The minimum absolute atomic E-state index is 0.168. The quantitative estimate of drug-likeness (QED) is 0.854. The summed E-state index contributed by atoms with van der Waals surface area (Å²) in [6.45, 7) is 0. The van der Waals surface area contributed by atoms with Gasteiger partial charge in [-0.05, 0) is 12.8 Å². The fourth-order valence-corrected chi connectivity index (χ4v) is 2.71. The van der Waals surface area contributed by atoms with Crippen molar-refractivity contribution in [3.8, 4) is 5.88 Å². The van der Waals surface area contributed by atoms with E-state index in [2.05, 4.69) is 15.0 Å². The number of anilines is 1. The second-order valence-electron chi connectivity index (χ2n) is 5.48. The number of ketones is 1. The fourth-order valence-electron chi connectivity index (χ4n) is 2.71. The third-order valence-corrected chi connectivity index (χ3v) is 3.83. The standard InChI is InChI=1S/C14H19N5O2/c1-18(2)14-16-12-11(13(17-14)21-3)15-8-19(12)9-6-4-5-7-10(9)20/h8-9H,4-7H2,1-3H3. The lowest BCUT2D eigenvalue weighted by Gasteiger charge is -2.22. The summed E-state index contributed by atoms with van der Waals surface area (Å²) < 4.78 is 7.18. The maximum atomic E-state index is 12.2. The van der Waals surface area contributed by atoms with E-state index in [4.69, 9.17) is 4.74 Å². The highest BCUT2D eigenvalue weighted by molar-refractivity contribution is 5.86. The number of rotatable bonds is 3. The SMILES string of the molecule is COc1nc(N(C)C)nc2c1ncn2C1CCCCC1=O. The topological polar surface area (TPSA) is 73.1 Å². The second-order valence-corrected chi connectivity index (χ2v) is 5.48. The zero-order chi connectivity index (χ0) is 15.0. The number of carbonyl (C=O) groups is 1. The summed E-state index contributed by atoms with van der Waals surface area (Å²) in [4.78, 5) is 27.2. The lowest BCUT2D eigenvalue weighted by Crippen LogP contribution is -2.23. The lowest BCUT2D eigenvalue weighted by molar-refractivity contribution is -0.123. The molecule has 2 heterocycles. The predicted molar refractivity (Wildman–Crippen MR) is 78.7 cm³/mol. The van der Waals surface area contributed by atoms with Gasteiger partial charge in [-0.2, -0.15) is 9.97 Å². The van der Waals surface area contributed by atoms with Crippen LogP contribution >= 0.6 is 0 Å². The second kappa shape index (κ2) is 5.31. The van der Waals surface area contributed by atoms with Crippen molar-refractivity contribution in [3.05, 3.63) is 6.33 Å². The maximum Gasteiger partial charge on any atom is 0.246 e.